The van der Waals surface area contributed by atoms with Crippen molar-refractivity contribution in [3.63, 3.8) is 0 Å². The van der Waals surface area contributed by atoms with E-state index in [9.17, 15) is 9.59 Å². The highest BCUT2D eigenvalue weighted by atomic mass is 16.6. The lowest BCUT2D eigenvalue weighted by Crippen LogP contribution is -2.29. The van der Waals surface area contributed by atoms with Gasteiger partial charge in [-0.1, -0.05) is 80.6 Å². The third kappa shape index (κ3) is 7.03. The number of carbonyl (C=O) groups is 2. The van der Waals surface area contributed by atoms with Crippen molar-refractivity contribution in [2.75, 3.05) is 0 Å². The van der Waals surface area contributed by atoms with Gasteiger partial charge >= 0.3 is 11.9 Å². The van der Waals surface area contributed by atoms with Gasteiger partial charge in [-0.3, -0.25) is 9.59 Å². The van der Waals surface area contributed by atoms with E-state index in [1.54, 1.807) is 0 Å². The number of allylic oxidation sites excluding steroid dienone is 1. The number of carbonyl (C=O) groups excluding carboxylic acids is 2. The van der Waals surface area contributed by atoms with Gasteiger partial charge in [0.1, 0.15) is 13.2 Å². The van der Waals surface area contributed by atoms with Crippen molar-refractivity contribution >= 4 is 11.9 Å². The van der Waals surface area contributed by atoms with Crippen LogP contribution in [0.15, 0.2) is 73.3 Å². The highest BCUT2D eigenvalue weighted by molar-refractivity contribution is 5.94. The molecule has 4 nitrogen and oxygen atoms in total. The summed E-state index contributed by atoms with van der Waals surface area (Å²) in [6.45, 7) is 8.11. The molecule has 0 aliphatic carbocycles. The van der Waals surface area contributed by atoms with Crippen LogP contribution in [0.2, 0.25) is 0 Å². The first-order chi connectivity index (χ1) is 13.4. The van der Waals surface area contributed by atoms with Crippen LogP contribution in [0.1, 0.15) is 37.8 Å². The molecule has 0 spiro atoms. The maximum atomic E-state index is 12.6. The van der Waals surface area contributed by atoms with E-state index < -0.39 is 17.9 Å². The Morgan fingerprint density at radius 2 is 1.32 bits per heavy atom. The molecule has 0 unspecified atom stereocenters. The minimum Gasteiger partial charge on any atom is -0.460 e. The van der Waals surface area contributed by atoms with Crippen molar-refractivity contribution in [1.82, 2.24) is 0 Å². The van der Waals surface area contributed by atoms with E-state index in [4.69, 9.17) is 9.47 Å². The molecule has 0 aliphatic rings. The first kappa shape index (κ1) is 21.4. The van der Waals surface area contributed by atoms with Crippen molar-refractivity contribution in [2.45, 2.75) is 39.9 Å². The Kier molecular flexibility index (Phi) is 8.00. The Hall–Kier alpha value is -2.88. The van der Waals surface area contributed by atoms with Crippen LogP contribution < -0.4 is 0 Å². The molecular formula is C24H28O4. The fraction of sp³-hybridized carbons (Fsp3) is 0.333. The number of hydrogen-bond donors (Lipinski definition) is 0. The summed E-state index contributed by atoms with van der Waals surface area (Å²) in [6, 6.07) is 18.8. The lowest BCUT2D eigenvalue weighted by atomic mass is 9.85. The number of esters is 2. The minimum absolute atomic E-state index is 0.132. The molecular weight excluding hydrogens is 352 g/mol. The van der Waals surface area contributed by atoms with Gasteiger partial charge in [0.2, 0.25) is 0 Å². The molecule has 2 aromatic carbocycles. The molecule has 0 fully saturated rings. The second-order valence-corrected chi connectivity index (χ2v) is 7.47. The van der Waals surface area contributed by atoms with Crippen LogP contribution in [0, 0.1) is 11.3 Å². The van der Waals surface area contributed by atoms with Gasteiger partial charge in [-0.2, -0.15) is 0 Å². The SMILES string of the molecule is C=CC(C)(C)CCC(C(=O)OCc1ccccc1)C(=O)OCc1ccccc1. The second-order valence-electron chi connectivity index (χ2n) is 7.47. The topological polar surface area (TPSA) is 52.6 Å². The summed E-state index contributed by atoms with van der Waals surface area (Å²) in [5.41, 5.74) is 1.56. The zero-order chi connectivity index (χ0) is 20.4. The van der Waals surface area contributed by atoms with Gasteiger partial charge in [0.15, 0.2) is 5.92 Å². The second kappa shape index (κ2) is 10.5. The van der Waals surface area contributed by atoms with E-state index >= 15 is 0 Å². The van der Waals surface area contributed by atoms with E-state index in [1.807, 2.05) is 80.6 Å². The number of ether oxygens (including phenoxy) is 2. The van der Waals surface area contributed by atoms with Crippen molar-refractivity contribution < 1.29 is 19.1 Å². The van der Waals surface area contributed by atoms with E-state index in [0.29, 0.717) is 12.8 Å². The smallest absolute Gasteiger partial charge is 0.320 e. The molecule has 0 saturated carbocycles. The summed E-state index contributed by atoms with van der Waals surface area (Å²) in [5, 5.41) is 0. The molecule has 4 heteroatoms. The molecule has 0 bridgehead atoms. The number of hydrogen-bond acceptors (Lipinski definition) is 4. The van der Waals surface area contributed by atoms with Crippen LogP contribution in [0.5, 0.6) is 0 Å². The van der Waals surface area contributed by atoms with Gasteiger partial charge in [0.25, 0.3) is 0 Å². The lowest BCUT2D eigenvalue weighted by Gasteiger charge is -2.22. The van der Waals surface area contributed by atoms with Crippen molar-refractivity contribution in [2.24, 2.45) is 11.3 Å². The summed E-state index contributed by atoms with van der Waals surface area (Å²) < 4.78 is 10.8. The summed E-state index contributed by atoms with van der Waals surface area (Å²) >= 11 is 0. The quantitative estimate of drug-likeness (QED) is 0.328. The molecule has 0 amide bonds. The van der Waals surface area contributed by atoms with Gasteiger partial charge in [0.05, 0.1) is 0 Å². The third-order valence-electron chi connectivity index (χ3n) is 4.65. The van der Waals surface area contributed by atoms with Crippen molar-refractivity contribution in [3.05, 3.63) is 84.4 Å². The third-order valence-corrected chi connectivity index (χ3v) is 4.65. The molecule has 148 valence electrons. The normalized spacial score (nSPS) is 11.1. The predicted octanol–water partition coefficient (Wildman–Crippen LogP) is 5.08. The molecule has 0 atom stereocenters. The van der Waals surface area contributed by atoms with Crippen LogP contribution in [0.3, 0.4) is 0 Å². The van der Waals surface area contributed by atoms with Crippen molar-refractivity contribution in [3.8, 4) is 0 Å². The molecule has 0 N–H and O–H groups in total. The summed E-state index contributed by atoms with van der Waals surface area (Å²) in [5.74, 6) is -2.06. The Balaban J connectivity index is 2.00. The number of benzene rings is 2. The molecule has 0 aromatic heterocycles. The molecule has 28 heavy (non-hydrogen) atoms. The number of rotatable bonds is 10. The average molecular weight is 380 g/mol. The zero-order valence-corrected chi connectivity index (χ0v) is 16.6. The zero-order valence-electron chi connectivity index (χ0n) is 16.6. The standard InChI is InChI=1S/C24H28O4/c1-4-24(2,3)16-15-21(22(25)27-17-19-11-7-5-8-12-19)23(26)28-18-20-13-9-6-10-14-20/h4-14,21H,1,15-18H2,2-3H3. The summed E-state index contributed by atoms with van der Waals surface area (Å²) in [6.07, 6.45) is 2.80. The highest BCUT2D eigenvalue weighted by Gasteiger charge is 2.31. The van der Waals surface area contributed by atoms with Gasteiger partial charge in [-0.25, -0.2) is 0 Å². The van der Waals surface area contributed by atoms with E-state index in [0.717, 1.165) is 11.1 Å². The van der Waals surface area contributed by atoms with Crippen LogP contribution >= 0.6 is 0 Å². The van der Waals surface area contributed by atoms with Gasteiger partial charge in [-0.15, -0.1) is 6.58 Å². The highest BCUT2D eigenvalue weighted by Crippen LogP contribution is 2.27. The van der Waals surface area contributed by atoms with Crippen LogP contribution in [-0.4, -0.2) is 11.9 Å². The Morgan fingerprint density at radius 3 is 1.71 bits per heavy atom. The van der Waals surface area contributed by atoms with Crippen LogP contribution in [0.25, 0.3) is 0 Å². The van der Waals surface area contributed by atoms with E-state index in [1.165, 1.54) is 0 Å². The molecule has 0 saturated heterocycles. The maximum absolute atomic E-state index is 12.6. The predicted molar refractivity (Wildman–Crippen MR) is 109 cm³/mol. The van der Waals surface area contributed by atoms with Crippen LogP contribution in [-0.2, 0) is 32.3 Å². The van der Waals surface area contributed by atoms with E-state index in [2.05, 4.69) is 6.58 Å². The van der Waals surface area contributed by atoms with Crippen molar-refractivity contribution in [1.29, 1.82) is 0 Å². The fourth-order valence-corrected chi connectivity index (χ4v) is 2.61. The minimum atomic E-state index is -0.952. The van der Waals surface area contributed by atoms with Gasteiger partial charge < -0.3 is 9.47 Å². The monoisotopic (exact) mass is 380 g/mol. The first-order valence-corrected chi connectivity index (χ1v) is 9.46. The Labute approximate surface area is 167 Å². The molecule has 2 rings (SSSR count). The Morgan fingerprint density at radius 1 is 0.893 bits per heavy atom. The van der Waals surface area contributed by atoms with E-state index in [-0.39, 0.29) is 18.6 Å². The summed E-state index contributed by atoms with van der Waals surface area (Å²) in [7, 11) is 0. The van der Waals surface area contributed by atoms with Crippen LogP contribution in [0.4, 0.5) is 0 Å². The first-order valence-electron chi connectivity index (χ1n) is 9.46. The molecule has 0 heterocycles. The maximum Gasteiger partial charge on any atom is 0.320 e. The lowest BCUT2D eigenvalue weighted by molar-refractivity contribution is -0.164. The molecule has 2 aromatic rings. The largest absolute Gasteiger partial charge is 0.460 e. The molecule has 0 radical (unpaired) electrons. The summed E-state index contributed by atoms with van der Waals surface area (Å²) in [4.78, 5) is 25.3. The van der Waals surface area contributed by atoms with Gasteiger partial charge in [0, 0.05) is 0 Å². The van der Waals surface area contributed by atoms with Gasteiger partial charge in [-0.05, 0) is 29.4 Å². The average Bonchev–Trinajstić information content (AvgIpc) is 2.72. The Bertz CT molecular complexity index is 710. The fourth-order valence-electron chi connectivity index (χ4n) is 2.61. The molecule has 0 aliphatic heterocycles.